The lowest BCUT2D eigenvalue weighted by Crippen LogP contribution is -2.13. The quantitative estimate of drug-likeness (QED) is 0.169. The molecule has 0 saturated carbocycles. The van der Waals surface area contributed by atoms with Crippen molar-refractivity contribution in [3.63, 3.8) is 0 Å². The monoisotopic (exact) mass is 399 g/mol. The van der Waals surface area contributed by atoms with Gasteiger partial charge in [0.05, 0.1) is 32.7 Å². The fourth-order valence-electron chi connectivity index (χ4n) is 5.08. The van der Waals surface area contributed by atoms with Crippen LogP contribution in [0.3, 0.4) is 0 Å². The molecule has 0 aliphatic carbocycles. The molecule has 0 spiro atoms. The lowest BCUT2D eigenvalue weighted by molar-refractivity contribution is 0.462. The summed E-state index contributed by atoms with van der Waals surface area (Å²) in [6, 6.07) is 3.78. The predicted molar refractivity (Wildman–Crippen MR) is 112 cm³/mol. The maximum absolute atomic E-state index is 12.8. The van der Waals surface area contributed by atoms with E-state index in [1.165, 1.54) is 18.2 Å². The Morgan fingerprint density at radius 1 is 0.500 bits per heavy atom. The van der Waals surface area contributed by atoms with E-state index in [2.05, 4.69) is 15.0 Å². The van der Waals surface area contributed by atoms with Crippen molar-refractivity contribution in [1.82, 2.24) is 15.0 Å². The van der Waals surface area contributed by atoms with Gasteiger partial charge in [0.2, 0.25) is 11.8 Å². The summed E-state index contributed by atoms with van der Waals surface area (Å²) in [5, 5.41) is 34.1. The highest BCUT2D eigenvalue weighted by Crippen LogP contribution is 2.48. The van der Waals surface area contributed by atoms with Gasteiger partial charge in [0.15, 0.2) is 10.9 Å². The molecule has 0 amide bonds. The zero-order valence-corrected chi connectivity index (χ0v) is 14.8. The van der Waals surface area contributed by atoms with E-state index in [9.17, 15) is 29.7 Å². The summed E-state index contributed by atoms with van der Waals surface area (Å²) >= 11 is 0. The molecule has 4 aromatic carbocycles. The van der Waals surface area contributed by atoms with Crippen molar-refractivity contribution in [2.75, 3.05) is 0 Å². The molecule has 0 atom stereocenters. The van der Waals surface area contributed by atoms with E-state index >= 15 is 0 Å². The Morgan fingerprint density at radius 3 is 1.47 bits per heavy atom. The van der Waals surface area contributed by atoms with Crippen LogP contribution in [0.1, 0.15) is 0 Å². The van der Waals surface area contributed by atoms with Gasteiger partial charge < -0.3 is 30.3 Å². The molecule has 3 heterocycles. The molecule has 3 aromatic heterocycles. The molecule has 9 heteroatoms. The summed E-state index contributed by atoms with van der Waals surface area (Å²) in [6.45, 7) is 0. The van der Waals surface area contributed by atoms with Crippen molar-refractivity contribution in [2.45, 2.75) is 0 Å². The summed E-state index contributed by atoms with van der Waals surface area (Å²) in [4.78, 5) is 46.5. The second-order valence-electron chi connectivity index (χ2n) is 7.56. The first-order valence-electron chi connectivity index (χ1n) is 9.02. The maximum Gasteiger partial charge on any atom is 0.260 e. The minimum absolute atomic E-state index is 0.00207. The molecule has 0 radical (unpaired) electrons. The van der Waals surface area contributed by atoms with Crippen molar-refractivity contribution >= 4 is 65.0 Å². The molecule has 30 heavy (non-hydrogen) atoms. The summed E-state index contributed by atoms with van der Waals surface area (Å²) in [5.41, 5.74) is -0.763. The third-order valence-corrected chi connectivity index (χ3v) is 6.09. The van der Waals surface area contributed by atoms with Crippen molar-refractivity contribution in [3.05, 3.63) is 49.0 Å². The normalized spacial score (nSPS) is 12.8. The first-order valence-corrected chi connectivity index (χ1v) is 9.02. The molecule has 0 unspecified atom stereocenters. The lowest BCUT2D eigenvalue weighted by Gasteiger charge is -2.20. The van der Waals surface area contributed by atoms with E-state index in [1.807, 2.05) is 0 Å². The Bertz CT molecular complexity index is 1910. The van der Waals surface area contributed by atoms with Crippen molar-refractivity contribution in [2.24, 2.45) is 0 Å². The van der Waals surface area contributed by atoms with E-state index in [0.29, 0.717) is 37.8 Å². The third kappa shape index (κ3) is 1.42. The largest absolute Gasteiger partial charge is 0.507 e. The smallest absolute Gasteiger partial charge is 0.260 e. The van der Waals surface area contributed by atoms with Crippen LogP contribution in [0.2, 0.25) is 0 Å². The Morgan fingerprint density at radius 2 is 0.933 bits per heavy atom. The van der Waals surface area contributed by atoms with E-state index in [1.54, 1.807) is 0 Å². The molecule has 0 saturated heterocycles. The van der Waals surface area contributed by atoms with Crippen LogP contribution in [0.25, 0.3) is 65.0 Å². The van der Waals surface area contributed by atoms with Gasteiger partial charge in [-0.2, -0.15) is 0 Å². The fraction of sp³-hybridized carbons (Fsp3) is 0. The van der Waals surface area contributed by atoms with Crippen LogP contribution in [0.15, 0.2) is 32.6 Å². The second kappa shape index (κ2) is 4.38. The summed E-state index contributed by atoms with van der Waals surface area (Å²) < 4.78 is 0. The molecule has 7 aromatic rings. The number of nitrogens with one attached hydrogen (secondary N) is 3. The predicted octanol–water partition coefficient (Wildman–Crippen LogP) is 2.10. The van der Waals surface area contributed by atoms with Crippen LogP contribution >= 0.6 is 0 Å². The zero-order valence-electron chi connectivity index (χ0n) is 14.8. The standard InChI is InChI=1S/C21H9N3O6/c25-7-1-4-10-16-11-5(23-19(28)13(7)16)2-9(27)15-18(11)12-6(24-21(15)30)3-8(26)14(17(10)12)20(29)22-4/h1-3,22-23,27-29H,(H,24,30). The molecule has 0 bridgehead atoms. The molecule has 7 rings (SSSR count). The Balaban J connectivity index is 2.13. The highest BCUT2D eigenvalue weighted by Gasteiger charge is 2.28. The van der Waals surface area contributed by atoms with Gasteiger partial charge in [-0.05, 0) is 0 Å². The number of pyridine rings is 3. The number of aromatic nitrogens is 3. The summed E-state index contributed by atoms with van der Waals surface area (Å²) in [5.74, 6) is -1.12. The highest BCUT2D eigenvalue weighted by molar-refractivity contribution is 6.44. The van der Waals surface area contributed by atoms with Crippen LogP contribution in [-0.2, 0) is 0 Å². The molecule has 0 aliphatic rings. The first kappa shape index (κ1) is 15.4. The number of rotatable bonds is 0. The van der Waals surface area contributed by atoms with Gasteiger partial charge in [-0.3, -0.25) is 14.4 Å². The first-order chi connectivity index (χ1) is 14.4. The molecule has 6 N–H and O–H groups in total. The van der Waals surface area contributed by atoms with Crippen LogP contribution in [0.5, 0.6) is 17.5 Å². The van der Waals surface area contributed by atoms with Crippen molar-refractivity contribution < 1.29 is 15.3 Å². The Labute approximate surface area is 162 Å². The highest BCUT2D eigenvalue weighted by atomic mass is 16.3. The number of aromatic hydroxyl groups is 3. The van der Waals surface area contributed by atoms with Crippen molar-refractivity contribution in [3.8, 4) is 17.5 Å². The average Bonchev–Trinajstić information content (AvgIpc) is 2.65. The van der Waals surface area contributed by atoms with Gasteiger partial charge in [0, 0.05) is 50.5 Å². The van der Waals surface area contributed by atoms with E-state index in [0.717, 1.165) is 0 Å². The van der Waals surface area contributed by atoms with Crippen LogP contribution in [-0.4, -0.2) is 30.3 Å². The van der Waals surface area contributed by atoms with Gasteiger partial charge in [-0.15, -0.1) is 0 Å². The van der Waals surface area contributed by atoms with Gasteiger partial charge in [-0.25, -0.2) is 0 Å². The van der Waals surface area contributed by atoms with Gasteiger partial charge >= 0.3 is 0 Å². The Hall–Kier alpha value is -4.53. The molecule has 9 nitrogen and oxygen atoms in total. The number of benzene rings is 4. The second-order valence-corrected chi connectivity index (χ2v) is 7.56. The minimum atomic E-state index is -0.596. The van der Waals surface area contributed by atoms with E-state index in [-0.39, 0.29) is 32.9 Å². The number of hydrogen-bond acceptors (Lipinski definition) is 6. The lowest BCUT2D eigenvalue weighted by atomic mass is 9.86. The number of hydrogen-bond donors (Lipinski definition) is 6. The maximum atomic E-state index is 12.8. The zero-order chi connectivity index (χ0) is 20.6. The van der Waals surface area contributed by atoms with Gasteiger partial charge in [0.25, 0.3) is 5.56 Å². The average molecular weight is 399 g/mol. The molecular formula is C21H9N3O6. The number of phenols is 1. The van der Waals surface area contributed by atoms with Gasteiger partial charge in [-0.1, -0.05) is 0 Å². The number of phenolic OH excluding ortho intramolecular Hbond substituents is 1. The van der Waals surface area contributed by atoms with Crippen LogP contribution in [0.4, 0.5) is 0 Å². The molecular weight excluding hydrogens is 390 g/mol. The van der Waals surface area contributed by atoms with E-state index < -0.39 is 28.2 Å². The minimum Gasteiger partial charge on any atom is -0.507 e. The van der Waals surface area contributed by atoms with Crippen LogP contribution in [0, 0.1) is 0 Å². The molecule has 0 aliphatic heterocycles. The third-order valence-electron chi connectivity index (χ3n) is 6.09. The number of aromatic amines is 3. The van der Waals surface area contributed by atoms with E-state index in [4.69, 9.17) is 0 Å². The fourth-order valence-corrected chi connectivity index (χ4v) is 5.08. The number of H-pyrrole nitrogens is 3. The van der Waals surface area contributed by atoms with Crippen molar-refractivity contribution in [1.29, 1.82) is 0 Å². The Kier molecular flexibility index (Phi) is 2.25. The SMILES string of the molecule is O=c1cc2[nH]c(O)c3c(=O)cc4[nH]c(=O)c5c(O)cc6[nH]c(O)c1c1c2c3c4c5c61. The summed E-state index contributed by atoms with van der Waals surface area (Å²) in [6.07, 6.45) is 0. The van der Waals surface area contributed by atoms with Gasteiger partial charge in [0.1, 0.15) is 5.75 Å². The molecule has 0 fully saturated rings. The van der Waals surface area contributed by atoms with Crippen LogP contribution < -0.4 is 16.4 Å². The topological polar surface area (TPSA) is 159 Å². The summed E-state index contributed by atoms with van der Waals surface area (Å²) in [7, 11) is 0. The molecule has 144 valence electrons.